The highest BCUT2D eigenvalue weighted by atomic mass is 79.9. The van der Waals surface area contributed by atoms with Crippen LogP contribution < -0.4 is 5.73 Å². The molecule has 2 rings (SSSR count). The zero-order chi connectivity index (χ0) is 14.4. The van der Waals surface area contributed by atoms with Crippen molar-refractivity contribution in [3.8, 4) is 0 Å². The minimum Gasteiger partial charge on any atom is -0.369 e. The van der Waals surface area contributed by atoms with Crippen LogP contribution in [-0.4, -0.2) is 11.2 Å². The molecule has 1 fully saturated rings. The Bertz CT molecular complexity index is 487. The molecule has 2 unspecified atom stereocenters. The van der Waals surface area contributed by atoms with Gasteiger partial charge in [-0.2, -0.15) is 0 Å². The predicted octanol–water partition coefficient (Wildman–Crippen LogP) is 4.70. The van der Waals surface area contributed by atoms with Crippen molar-refractivity contribution in [1.29, 1.82) is 0 Å². The molecular weight excluding hydrogens is 326 g/mol. The maximum absolute atomic E-state index is 6.46. The molecule has 2 atom stereocenters. The zero-order valence-electron chi connectivity index (χ0n) is 11.8. The van der Waals surface area contributed by atoms with Crippen LogP contribution in [0.25, 0.3) is 0 Å². The van der Waals surface area contributed by atoms with Gasteiger partial charge in [-0.1, -0.05) is 17.7 Å². The average Bonchev–Trinajstić information content (AvgIpc) is 2.49. The molecular formula is C15H21BrClNO. The van der Waals surface area contributed by atoms with Crippen LogP contribution in [0.3, 0.4) is 0 Å². The second-order valence-corrected chi connectivity index (χ2v) is 7.74. The van der Waals surface area contributed by atoms with E-state index >= 15 is 0 Å². The molecule has 0 amide bonds. The molecule has 0 saturated carbocycles. The first kappa shape index (κ1) is 15.3. The molecule has 1 aromatic carbocycles. The van der Waals surface area contributed by atoms with Crippen LogP contribution in [0.4, 0.5) is 0 Å². The zero-order valence-corrected chi connectivity index (χ0v) is 14.2. The van der Waals surface area contributed by atoms with Gasteiger partial charge < -0.3 is 10.5 Å². The Balaban J connectivity index is 2.28. The second kappa shape index (κ2) is 5.03. The van der Waals surface area contributed by atoms with Crippen molar-refractivity contribution in [1.82, 2.24) is 0 Å². The largest absolute Gasteiger partial charge is 0.369 e. The Hall–Kier alpha value is -0.0900. The van der Waals surface area contributed by atoms with Gasteiger partial charge in [0.05, 0.1) is 16.2 Å². The number of hydrogen-bond donors (Lipinski definition) is 1. The fourth-order valence-electron chi connectivity index (χ4n) is 3.12. The van der Waals surface area contributed by atoms with Crippen LogP contribution >= 0.6 is 27.5 Å². The summed E-state index contributed by atoms with van der Waals surface area (Å²) in [4.78, 5) is 0. The molecule has 1 heterocycles. The lowest BCUT2D eigenvalue weighted by atomic mass is 9.79. The van der Waals surface area contributed by atoms with Gasteiger partial charge >= 0.3 is 0 Å². The molecule has 1 aliphatic rings. The Morgan fingerprint density at radius 3 is 2.47 bits per heavy atom. The summed E-state index contributed by atoms with van der Waals surface area (Å²) in [6.45, 7) is 8.48. The summed E-state index contributed by atoms with van der Waals surface area (Å²) < 4.78 is 7.02. The van der Waals surface area contributed by atoms with Gasteiger partial charge in [-0.05, 0) is 67.7 Å². The van der Waals surface area contributed by atoms with E-state index in [0.29, 0.717) is 5.02 Å². The lowest BCUT2D eigenvalue weighted by Gasteiger charge is -2.31. The van der Waals surface area contributed by atoms with E-state index < -0.39 is 0 Å². The fourth-order valence-corrected chi connectivity index (χ4v) is 3.55. The van der Waals surface area contributed by atoms with E-state index in [1.807, 2.05) is 18.2 Å². The monoisotopic (exact) mass is 345 g/mol. The quantitative estimate of drug-likeness (QED) is 0.842. The van der Waals surface area contributed by atoms with Gasteiger partial charge in [-0.15, -0.1) is 0 Å². The summed E-state index contributed by atoms with van der Waals surface area (Å²) in [6, 6.07) is 5.85. The summed E-state index contributed by atoms with van der Waals surface area (Å²) in [5.74, 6) is 0.278. The van der Waals surface area contributed by atoms with E-state index in [2.05, 4.69) is 43.6 Å². The van der Waals surface area contributed by atoms with Crippen molar-refractivity contribution in [2.75, 3.05) is 0 Å². The number of halogens is 2. The van der Waals surface area contributed by atoms with E-state index in [0.717, 1.165) is 16.5 Å². The topological polar surface area (TPSA) is 35.2 Å². The van der Waals surface area contributed by atoms with Crippen molar-refractivity contribution in [3.05, 3.63) is 33.3 Å². The Kier molecular flexibility index (Phi) is 4.05. The smallest absolute Gasteiger partial charge is 0.0680 e. The van der Waals surface area contributed by atoms with Crippen molar-refractivity contribution in [2.45, 2.75) is 51.4 Å². The maximum atomic E-state index is 6.46. The van der Waals surface area contributed by atoms with Gasteiger partial charge in [-0.3, -0.25) is 0 Å². The van der Waals surface area contributed by atoms with Crippen molar-refractivity contribution in [2.24, 2.45) is 11.7 Å². The highest BCUT2D eigenvalue weighted by Gasteiger charge is 2.48. The van der Waals surface area contributed by atoms with Gasteiger partial charge in [0.15, 0.2) is 0 Å². The van der Waals surface area contributed by atoms with Gasteiger partial charge in [0.1, 0.15) is 0 Å². The van der Waals surface area contributed by atoms with Crippen LogP contribution in [0.15, 0.2) is 22.7 Å². The minimum atomic E-state index is -0.220. The normalized spacial score (nSPS) is 26.4. The fraction of sp³-hybridized carbons (Fsp3) is 0.600. The Morgan fingerprint density at radius 2 is 2.00 bits per heavy atom. The van der Waals surface area contributed by atoms with E-state index in [4.69, 9.17) is 22.1 Å². The highest BCUT2D eigenvalue weighted by molar-refractivity contribution is 9.10. The standard InChI is InChI=1S/C15H21BrClNO/c1-14(2)8-10(15(3,4)19-14)13(18)9-5-6-11(16)12(17)7-9/h5-7,10,13H,8,18H2,1-4H3. The Labute approximate surface area is 128 Å². The lowest BCUT2D eigenvalue weighted by Crippen LogP contribution is -2.35. The molecule has 0 spiro atoms. The van der Waals surface area contributed by atoms with Gasteiger partial charge in [0.25, 0.3) is 0 Å². The van der Waals surface area contributed by atoms with Crippen LogP contribution in [-0.2, 0) is 4.74 Å². The van der Waals surface area contributed by atoms with Crippen molar-refractivity contribution >= 4 is 27.5 Å². The lowest BCUT2D eigenvalue weighted by molar-refractivity contribution is -0.0767. The SMILES string of the molecule is CC1(C)CC(C(N)c2ccc(Br)c(Cl)c2)C(C)(C)O1. The number of rotatable bonds is 2. The molecule has 19 heavy (non-hydrogen) atoms. The van der Waals surface area contributed by atoms with E-state index in [1.54, 1.807) is 0 Å². The first-order valence-electron chi connectivity index (χ1n) is 6.53. The molecule has 106 valence electrons. The average molecular weight is 347 g/mol. The van der Waals surface area contributed by atoms with E-state index in [9.17, 15) is 0 Å². The predicted molar refractivity (Wildman–Crippen MR) is 83.4 cm³/mol. The third-order valence-corrected chi connectivity index (χ3v) is 5.14. The van der Waals surface area contributed by atoms with E-state index in [-0.39, 0.29) is 23.2 Å². The van der Waals surface area contributed by atoms with Gasteiger partial charge in [0.2, 0.25) is 0 Å². The van der Waals surface area contributed by atoms with Gasteiger partial charge in [-0.25, -0.2) is 0 Å². The van der Waals surface area contributed by atoms with Crippen molar-refractivity contribution in [3.63, 3.8) is 0 Å². The molecule has 2 nitrogen and oxygen atoms in total. The van der Waals surface area contributed by atoms with E-state index in [1.165, 1.54) is 0 Å². The highest BCUT2D eigenvalue weighted by Crippen LogP contribution is 2.47. The maximum Gasteiger partial charge on any atom is 0.0680 e. The molecule has 0 aromatic heterocycles. The molecule has 4 heteroatoms. The number of nitrogens with two attached hydrogens (primary N) is 1. The number of ether oxygens (including phenoxy) is 1. The summed E-state index contributed by atoms with van der Waals surface area (Å²) in [6.07, 6.45) is 0.953. The van der Waals surface area contributed by atoms with Crippen LogP contribution in [0.1, 0.15) is 45.7 Å². The summed E-state index contributed by atoms with van der Waals surface area (Å²) in [5.41, 5.74) is 7.18. The molecule has 2 N–H and O–H groups in total. The first-order valence-corrected chi connectivity index (χ1v) is 7.70. The van der Waals surface area contributed by atoms with Crippen LogP contribution in [0.5, 0.6) is 0 Å². The summed E-state index contributed by atoms with van der Waals surface area (Å²) >= 11 is 9.56. The molecule has 1 aliphatic heterocycles. The molecule has 0 radical (unpaired) electrons. The molecule has 0 bridgehead atoms. The molecule has 1 saturated heterocycles. The van der Waals surface area contributed by atoms with Crippen molar-refractivity contribution < 1.29 is 4.74 Å². The number of benzene rings is 1. The first-order chi connectivity index (χ1) is 8.62. The third-order valence-electron chi connectivity index (χ3n) is 3.91. The van der Waals surface area contributed by atoms with Gasteiger partial charge in [0, 0.05) is 16.4 Å². The Morgan fingerprint density at radius 1 is 1.37 bits per heavy atom. The molecule has 1 aromatic rings. The second-order valence-electron chi connectivity index (χ2n) is 6.48. The summed E-state index contributed by atoms with van der Waals surface area (Å²) in [7, 11) is 0. The van der Waals surface area contributed by atoms with Crippen LogP contribution in [0.2, 0.25) is 5.02 Å². The third kappa shape index (κ3) is 3.15. The minimum absolute atomic E-state index is 0.0672. The van der Waals surface area contributed by atoms with Crippen LogP contribution in [0, 0.1) is 5.92 Å². The number of hydrogen-bond acceptors (Lipinski definition) is 2. The summed E-state index contributed by atoms with van der Waals surface area (Å²) in [5, 5.41) is 0.698. The molecule has 0 aliphatic carbocycles.